The number of ether oxygens (including phenoxy) is 2. The summed E-state index contributed by atoms with van der Waals surface area (Å²) in [5.74, 6) is 0.871. The zero-order valence-electron chi connectivity index (χ0n) is 18.1. The van der Waals surface area contributed by atoms with Crippen LogP contribution in [0.1, 0.15) is 36.8 Å². The second-order valence-electron chi connectivity index (χ2n) is 7.88. The van der Waals surface area contributed by atoms with Gasteiger partial charge < -0.3 is 20.1 Å². The summed E-state index contributed by atoms with van der Waals surface area (Å²) >= 11 is 0. The molecule has 2 aliphatic rings. The van der Waals surface area contributed by atoms with Gasteiger partial charge in [-0.25, -0.2) is 0 Å². The number of rotatable bonds is 8. The molecule has 2 fully saturated rings. The summed E-state index contributed by atoms with van der Waals surface area (Å²) in [6, 6.07) is 9.07. The Morgan fingerprint density at radius 3 is 2.67 bits per heavy atom. The van der Waals surface area contributed by atoms with Gasteiger partial charge in [-0.3, -0.25) is 9.89 Å². The van der Waals surface area contributed by atoms with E-state index in [1.165, 1.54) is 11.1 Å². The van der Waals surface area contributed by atoms with Crippen LogP contribution in [-0.2, 0) is 22.6 Å². The summed E-state index contributed by atoms with van der Waals surface area (Å²) in [6.45, 7) is 10.1. The summed E-state index contributed by atoms with van der Waals surface area (Å²) in [5, 5.41) is 7.03. The molecule has 0 aromatic heterocycles. The zero-order valence-corrected chi connectivity index (χ0v) is 20.5. The first-order valence-electron chi connectivity index (χ1n) is 10.8. The average molecular weight is 528 g/mol. The molecule has 2 heterocycles. The minimum absolute atomic E-state index is 0. The Bertz CT molecular complexity index is 656. The molecule has 0 amide bonds. The lowest BCUT2D eigenvalue weighted by Gasteiger charge is -2.32. The Morgan fingerprint density at radius 2 is 1.97 bits per heavy atom. The van der Waals surface area contributed by atoms with Crippen molar-refractivity contribution < 1.29 is 9.47 Å². The first-order valence-corrected chi connectivity index (χ1v) is 10.8. The first-order chi connectivity index (χ1) is 14.3. The fourth-order valence-electron chi connectivity index (χ4n) is 3.90. The Kier molecular flexibility index (Phi) is 11.7. The van der Waals surface area contributed by atoms with Crippen LogP contribution in [0.25, 0.3) is 0 Å². The number of piperidine rings is 1. The van der Waals surface area contributed by atoms with E-state index < -0.39 is 0 Å². The van der Waals surface area contributed by atoms with Gasteiger partial charge in [0.05, 0.1) is 12.7 Å². The predicted molar refractivity (Wildman–Crippen MR) is 133 cm³/mol. The Labute approximate surface area is 198 Å². The number of guanidine groups is 1. The van der Waals surface area contributed by atoms with Gasteiger partial charge in [0, 0.05) is 52.5 Å². The summed E-state index contributed by atoms with van der Waals surface area (Å²) in [6.07, 6.45) is 6.57. The molecule has 30 heavy (non-hydrogen) atoms. The van der Waals surface area contributed by atoms with Crippen molar-refractivity contribution in [2.45, 2.75) is 51.0 Å². The van der Waals surface area contributed by atoms with Crippen LogP contribution in [0.5, 0.6) is 0 Å². The van der Waals surface area contributed by atoms with Crippen molar-refractivity contribution in [3.05, 3.63) is 48.0 Å². The highest BCUT2D eigenvalue weighted by atomic mass is 127. The third-order valence-corrected chi connectivity index (χ3v) is 5.64. The summed E-state index contributed by atoms with van der Waals surface area (Å²) < 4.78 is 11.4. The van der Waals surface area contributed by atoms with E-state index in [4.69, 9.17) is 9.47 Å². The van der Waals surface area contributed by atoms with Gasteiger partial charge in [-0.05, 0) is 36.8 Å². The number of hydrogen-bond donors (Lipinski definition) is 2. The van der Waals surface area contributed by atoms with Crippen LogP contribution in [-0.4, -0.2) is 62.9 Å². The Morgan fingerprint density at radius 1 is 1.23 bits per heavy atom. The largest absolute Gasteiger partial charge is 0.381 e. The number of aliphatic imine (C=N–C) groups is 1. The number of likely N-dealkylation sites (tertiary alicyclic amines) is 1. The lowest BCUT2D eigenvalue weighted by atomic mass is 10.1. The van der Waals surface area contributed by atoms with Crippen molar-refractivity contribution in [1.82, 2.24) is 15.5 Å². The second-order valence-corrected chi connectivity index (χ2v) is 7.88. The normalized spacial score (nSPS) is 19.2. The van der Waals surface area contributed by atoms with Crippen molar-refractivity contribution in [3.8, 4) is 0 Å². The van der Waals surface area contributed by atoms with Gasteiger partial charge in [0.15, 0.2) is 5.96 Å². The average Bonchev–Trinajstić information content (AvgIpc) is 2.77. The van der Waals surface area contributed by atoms with Crippen molar-refractivity contribution in [2.75, 3.05) is 39.9 Å². The molecular weight excluding hydrogens is 491 g/mol. The quantitative estimate of drug-likeness (QED) is 0.235. The monoisotopic (exact) mass is 528 g/mol. The maximum absolute atomic E-state index is 6.05. The number of hydrogen-bond acceptors (Lipinski definition) is 4. The molecule has 2 N–H and O–H groups in total. The lowest BCUT2D eigenvalue weighted by Crippen LogP contribution is -2.48. The van der Waals surface area contributed by atoms with Crippen LogP contribution in [0.15, 0.2) is 41.9 Å². The molecule has 0 spiro atoms. The fourth-order valence-corrected chi connectivity index (χ4v) is 3.90. The maximum Gasteiger partial charge on any atom is 0.191 e. The Balaban J connectivity index is 0.00000320. The molecule has 0 aliphatic carbocycles. The highest BCUT2D eigenvalue weighted by molar-refractivity contribution is 14.0. The van der Waals surface area contributed by atoms with E-state index in [2.05, 4.69) is 51.4 Å². The van der Waals surface area contributed by atoms with Crippen LogP contribution in [0.4, 0.5) is 0 Å². The third-order valence-electron chi connectivity index (χ3n) is 5.64. The van der Waals surface area contributed by atoms with Crippen LogP contribution < -0.4 is 10.6 Å². The van der Waals surface area contributed by atoms with Gasteiger partial charge >= 0.3 is 0 Å². The smallest absolute Gasteiger partial charge is 0.191 e. The van der Waals surface area contributed by atoms with Crippen LogP contribution >= 0.6 is 24.0 Å². The van der Waals surface area contributed by atoms with Crippen molar-refractivity contribution in [1.29, 1.82) is 0 Å². The number of halogens is 1. The Hall–Kier alpha value is -1.16. The number of nitrogens with one attached hydrogen (secondary N) is 2. The van der Waals surface area contributed by atoms with Gasteiger partial charge in [0.1, 0.15) is 0 Å². The highest BCUT2D eigenvalue weighted by Gasteiger charge is 2.19. The topological polar surface area (TPSA) is 58.1 Å². The number of nitrogens with zero attached hydrogens (tertiary/aromatic N) is 2. The standard InChI is InChI=1S/C23H36N4O2.HI/c1-3-11-27-12-7-21(8-13-27)26-23(24-2)25-17-19-5-4-6-20(16-19)18-29-22-9-14-28-15-10-22;/h3-6,16,21-22H,1,7-15,17-18H2,2H3,(H2,24,25,26);1H. The molecule has 2 aliphatic heterocycles. The van der Waals surface area contributed by atoms with Gasteiger partial charge in [-0.2, -0.15) is 0 Å². The van der Waals surface area contributed by atoms with Crippen LogP contribution in [0.3, 0.4) is 0 Å². The van der Waals surface area contributed by atoms with Gasteiger partial charge in [-0.15, -0.1) is 30.6 Å². The minimum atomic E-state index is 0. The summed E-state index contributed by atoms with van der Waals surface area (Å²) in [4.78, 5) is 6.84. The van der Waals surface area contributed by atoms with Gasteiger partial charge in [0.2, 0.25) is 0 Å². The van der Waals surface area contributed by atoms with E-state index in [0.29, 0.717) is 18.8 Å². The molecule has 7 heteroatoms. The second kappa shape index (κ2) is 14.0. The van der Waals surface area contributed by atoms with E-state index >= 15 is 0 Å². The molecular formula is C23H37IN4O2. The van der Waals surface area contributed by atoms with Crippen molar-refractivity contribution in [2.24, 2.45) is 4.99 Å². The molecule has 2 saturated heterocycles. The lowest BCUT2D eigenvalue weighted by molar-refractivity contribution is -0.0390. The third kappa shape index (κ3) is 8.53. The van der Waals surface area contributed by atoms with E-state index in [-0.39, 0.29) is 24.0 Å². The molecule has 0 radical (unpaired) electrons. The molecule has 3 rings (SSSR count). The SMILES string of the molecule is C=CCN1CCC(NC(=NC)NCc2cccc(COC3CCOCC3)c2)CC1.I. The van der Waals surface area contributed by atoms with E-state index in [0.717, 1.165) is 71.0 Å². The highest BCUT2D eigenvalue weighted by Crippen LogP contribution is 2.14. The van der Waals surface area contributed by atoms with E-state index in [9.17, 15) is 0 Å². The molecule has 0 saturated carbocycles. The number of benzene rings is 1. The molecule has 1 aromatic rings. The molecule has 0 unspecified atom stereocenters. The van der Waals surface area contributed by atoms with Crippen LogP contribution in [0.2, 0.25) is 0 Å². The molecule has 6 nitrogen and oxygen atoms in total. The minimum Gasteiger partial charge on any atom is -0.381 e. The van der Waals surface area contributed by atoms with E-state index in [1.807, 2.05) is 13.1 Å². The zero-order chi connectivity index (χ0) is 20.3. The van der Waals surface area contributed by atoms with Gasteiger partial charge in [-0.1, -0.05) is 30.3 Å². The van der Waals surface area contributed by atoms with Crippen molar-refractivity contribution >= 4 is 29.9 Å². The predicted octanol–water partition coefficient (Wildman–Crippen LogP) is 3.32. The summed E-state index contributed by atoms with van der Waals surface area (Å²) in [5.41, 5.74) is 2.45. The molecule has 168 valence electrons. The fraction of sp³-hybridized carbons (Fsp3) is 0.609. The maximum atomic E-state index is 6.05. The van der Waals surface area contributed by atoms with Gasteiger partial charge in [0.25, 0.3) is 0 Å². The van der Waals surface area contributed by atoms with E-state index in [1.54, 1.807) is 0 Å². The molecule has 1 aromatic carbocycles. The summed E-state index contributed by atoms with van der Waals surface area (Å²) in [7, 11) is 1.83. The molecule has 0 atom stereocenters. The molecule has 0 bridgehead atoms. The van der Waals surface area contributed by atoms with Crippen LogP contribution in [0, 0.1) is 0 Å². The first kappa shape index (κ1) is 25.1. The van der Waals surface area contributed by atoms with Crippen molar-refractivity contribution in [3.63, 3.8) is 0 Å².